The summed E-state index contributed by atoms with van der Waals surface area (Å²) in [6.07, 6.45) is 0. The molecule has 2 rings (SSSR count). The van der Waals surface area contributed by atoms with Gasteiger partial charge in [-0.05, 0) is 36.8 Å². The molecule has 0 aromatic heterocycles. The largest absolute Gasteiger partial charge is 0.374 e. The standard InChI is InChI=1S/C19H23N3O2/c1-14(19(24)22(3)13-16-7-5-4-6-8-16)20-17-9-11-18(12-10-17)21-15(2)23/h4-12,14,20H,13H2,1-3H3,(H,21,23)/t14-/m0/s1. The molecule has 1 atom stereocenters. The Labute approximate surface area is 142 Å². The van der Waals surface area contributed by atoms with Crippen LogP contribution in [0, 0.1) is 0 Å². The topological polar surface area (TPSA) is 61.4 Å². The van der Waals surface area contributed by atoms with Crippen molar-refractivity contribution in [2.24, 2.45) is 0 Å². The van der Waals surface area contributed by atoms with Crippen LogP contribution in [0.3, 0.4) is 0 Å². The van der Waals surface area contributed by atoms with E-state index in [0.717, 1.165) is 16.9 Å². The third kappa shape index (κ3) is 5.12. The molecule has 0 aliphatic rings. The first-order valence-electron chi connectivity index (χ1n) is 7.89. The van der Waals surface area contributed by atoms with Crippen LogP contribution in [0.25, 0.3) is 0 Å². The number of likely N-dealkylation sites (N-methyl/N-ethyl adjacent to an activating group) is 1. The fraction of sp³-hybridized carbons (Fsp3) is 0.263. The van der Waals surface area contributed by atoms with Crippen LogP contribution in [-0.2, 0) is 16.1 Å². The van der Waals surface area contributed by atoms with Gasteiger partial charge in [0.25, 0.3) is 0 Å². The van der Waals surface area contributed by atoms with E-state index in [4.69, 9.17) is 0 Å². The van der Waals surface area contributed by atoms with Crippen molar-refractivity contribution in [1.29, 1.82) is 0 Å². The summed E-state index contributed by atoms with van der Waals surface area (Å²) in [5.74, 6) is -0.0911. The van der Waals surface area contributed by atoms with Crippen LogP contribution in [-0.4, -0.2) is 29.8 Å². The Kier molecular flexibility index (Phi) is 5.95. The number of anilines is 2. The van der Waals surface area contributed by atoms with Crippen LogP contribution in [0.1, 0.15) is 19.4 Å². The minimum atomic E-state index is -0.342. The Morgan fingerprint density at radius 3 is 2.17 bits per heavy atom. The summed E-state index contributed by atoms with van der Waals surface area (Å²) in [4.78, 5) is 25.2. The van der Waals surface area contributed by atoms with Gasteiger partial charge in [-0.15, -0.1) is 0 Å². The Morgan fingerprint density at radius 2 is 1.58 bits per heavy atom. The third-order valence-electron chi connectivity index (χ3n) is 3.60. The lowest BCUT2D eigenvalue weighted by Gasteiger charge is -2.23. The lowest BCUT2D eigenvalue weighted by Crippen LogP contribution is -2.38. The van der Waals surface area contributed by atoms with Crippen molar-refractivity contribution in [3.63, 3.8) is 0 Å². The Hall–Kier alpha value is -2.82. The minimum Gasteiger partial charge on any atom is -0.374 e. The van der Waals surface area contributed by atoms with E-state index in [0.29, 0.717) is 6.54 Å². The number of carbonyl (C=O) groups excluding carboxylic acids is 2. The number of carbonyl (C=O) groups is 2. The van der Waals surface area contributed by atoms with Crippen molar-refractivity contribution in [2.45, 2.75) is 26.4 Å². The number of hydrogen-bond donors (Lipinski definition) is 2. The molecule has 0 radical (unpaired) electrons. The van der Waals surface area contributed by atoms with E-state index in [1.165, 1.54) is 6.92 Å². The van der Waals surface area contributed by atoms with Gasteiger partial charge in [0.1, 0.15) is 6.04 Å². The Balaban J connectivity index is 1.92. The molecular weight excluding hydrogens is 302 g/mol. The van der Waals surface area contributed by atoms with E-state index in [1.54, 1.807) is 24.1 Å². The number of amides is 2. The molecule has 5 heteroatoms. The first-order chi connectivity index (χ1) is 11.5. The van der Waals surface area contributed by atoms with E-state index in [2.05, 4.69) is 10.6 Å². The zero-order chi connectivity index (χ0) is 17.5. The van der Waals surface area contributed by atoms with Crippen LogP contribution in [0.15, 0.2) is 54.6 Å². The molecule has 0 aliphatic carbocycles. The maximum atomic E-state index is 12.5. The Bertz CT molecular complexity index is 684. The predicted molar refractivity (Wildman–Crippen MR) is 96.7 cm³/mol. The molecule has 2 N–H and O–H groups in total. The molecule has 5 nitrogen and oxygen atoms in total. The number of hydrogen-bond acceptors (Lipinski definition) is 3. The van der Waals surface area contributed by atoms with E-state index in [9.17, 15) is 9.59 Å². The highest BCUT2D eigenvalue weighted by atomic mass is 16.2. The fourth-order valence-corrected chi connectivity index (χ4v) is 2.43. The zero-order valence-electron chi connectivity index (χ0n) is 14.2. The lowest BCUT2D eigenvalue weighted by molar-refractivity contribution is -0.130. The van der Waals surface area contributed by atoms with Crippen LogP contribution < -0.4 is 10.6 Å². The Morgan fingerprint density at radius 1 is 1.00 bits per heavy atom. The fourth-order valence-electron chi connectivity index (χ4n) is 2.43. The minimum absolute atomic E-state index is 0.0183. The summed E-state index contributed by atoms with van der Waals surface area (Å²) in [5, 5.41) is 5.90. The molecule has 2 aromatic rings. The molecule has 0 fully saturated rings. The van der Waals surface area contributed by atoms with E-state index in [-0.39, 0.29) is 17.9 Å². The summed E-state index contributed by atoms with van der Waals surface area (Å²) in [5.41, 5.74) is 2.66. The van der Waals surface area contributed by atoms with Crippen molar-refractivity contribution in [2.75, 3.05) is 17.7 Å². The zero-order valence-corrected chi connectivity index (χ0v) is 14.2. The average Bonchev–Trinajstić information content (AvgIpc) is 2.56. The summed E-state index contributed by atoms with van der Waals surface area (Å²) >= 11 is 0. The molecule has 2 amide bonds. The average molecular weight is 325 g/mol. The van der Waals surface area contributed by atoms with Gasteiger partial charge in [-0.1, -0.05) is 30.3 Å². The van der Waals surface area contributed by atoms with E-state index in [1.807, 2.05) is 49.4 Å². The predicted octanol–water partition coefficient (Wildman–Crippen LogP) is 3.10. The van der Waals surface area contributed by atoms with Crippen molar-refractivity contribution in [3.8, 4) is 0 Å². The quantitative estimate of drug-likeness (QED) is 0.858. The van der Waals surface area contributed by atoms with Crippen LogP contribution in [0.4, 0.5) is 11.4 Å². The van der Waals surface area contributed by atoms with Crippen molar-refractivity contribution in [1.82, 2.24) is 4.90 Å². The first-order valence-corrected chi connectivity index (χ1v) is 7.89. The normalized spacial score (nSPS) is 11.5. The van der Waals surface area contributed by atoms with Gasteiger partial charge in [0.05, 0.1) is 0 Å². The molecule has 0 spiro atoms. The molecule has 0 saturated heterocycles. The van der Waals surface area contributed by atoms with Crippen molar-refractivity contribution in [3.05, 3.63) is 60.2 Å². The molecule has 24 heavy (non-hydrogen) atoms. The molecular formula is C19H23N3O2. The summed E-state index contributed by atoms with van der Waals surface area (Å²) in [6, 6.07) is 16.8. The molecule has 0 unspecified atom stereocenters. The SMILES string of the molecule is CC(=O)Nc1ccc(N[C@@H](C)C(=O)N(C)Cc2ccccc2)cc1. The van der Waals surface area contributed by atoms with Gasteiger partial charge in [0.15, 0.2) is 0 Å². The molecule has 0 saturated carbocycles. The lowest BCUT2D eigenvalue weighted by atomic mass is 10.2. The highest BCUT2D eigenvalue weighted by molar-refractivity contribution is 5.89. The highest BCUT2D eigenvalue weighted by Crippen LogP contribution is 2.15. The molecule has 0 aliphatic heterocycles. The number of rotatable bonds is 6. The number of nitrogens with one attached hydrogen (secondary N) is 2. The second kappa shape index (κ2) is 8.15. The van der Waals surface area contributed by atoms with Crippen molar-refractivity contribution < 1.29 is 9.59 Å². The second-order valence-corrected chi connectivity index (χ2v) is 5.80. The summed E-state index contributed by atoms with van der Waals surface area (Å²) in [7, 11) is 1.80. The highest BCUT2D eigenvalue weighted by Gasteiger charge is 2.17. The molecule has 0 bridgehead atoms. The van der Waals surface area contributed by atoms with Gasteiger partial charge in [0.2, 0.25) is 11.8 Å². The van der Waals surface area contributed by atoms with Crippen LogP contribution >= 0.6 is 0 Å². The van der Waals surface area contributed by atoms with Gasteiger partial charge in [-0.2, -0.15) is 0 Å². The maximum absolute atomic E-state index is 12.5. The van der Waals surface area contributed by atoms with E-state index >= 15 is 0 Å². The second-order valence-electron chi connectivity index (χ2n) is 5.80. The van der Waals surface area contributed by atoms with E-state index < -0.39 is 0 Å². The van der Waals surface area contributed by atoms with Gasteiger partial charge in [-0.25, -0.2) is 0 Å². The van der Waals surface area contributed by atoms with Gasteiger partial charge in [0, 0.05) is 31.9 Å². The first kappa shape index (κ1) is 17.5. The number of nitrogens with zero attached hydrogens (tertiary/aromatic N) is 1. The monoisotopic (exact) mass is 325 g/mol. The molecule has 0 heterocycles. The smallest absolute Gasteiger partial charge is 0.244 e. The van der Waals surface area contributed by atoms with Crippen LogP contribution in [0.2, 0.25) is 0 Å². The molecule has 126 valence electrons. The third-order valence-corrected chi connectivity index (χ3v) is 3.60. The van der Waals surface area contributed by atoms with Gasteiger partial charge < -0.3 is 15.5 Å². The van der Waals surface area contributed by atoms with Crippen molar-refractivity contribution >= 4 is 23.2 Å². The summed E-state index contributed by atoms with van der Waals surface area (Å²) in [6.45, 7) is 3.88. The maximum Gasteiger partial charge on any atom is 0.244 e. The summed E-state index contributed by atoms with van der Waals surface area (Å²) < 4.78 is 0. The number of benzene rings is 2. The van der Waals surface area contributed by atoms with Gasteiger partial charge in [-0.3, -0.25) is 9.59 Å². The van der Waals surface area contributed by atoms with Crippen LogP contribution in [0.5, 0.6) is 0 Å². The van der Waals surface area contributed by atoms with Gasteiger partial charge >= 0.3 is 0 Å². The molecule has 2 aromatic carbocycles.